The zero-order valence-corrected chi connectivity index (χ0v) is 8.14. The van der Waals surface area contributed by atoms with Crippen LogP contribution in [0.15, 0.2) is 28.4 Å². The molecular formula is C8H9Cl2NO. The Morgan fingerprint density at radius 1 is 1.58 bits per heavy atom. The molecule has 0 aliphatic rings. The van der Waals surface area contributed by atoms with Gasteiger partial charge in [0, 0.05) is 5.88 Å². The normalized spacial score (nSPS) is 13.9. The number of alkyl halides is 1. The maximum absolute atomic E-state index is 10.3. The van der Waals surface area contributed by atoms with Crippen molar-refractivity contribution < 1.29 is 4.79 Å². The third-order valence-corrected chi connectivity index (χ3v) is 1.33. The number of nitrogens with zero attached hydrogens (tertiary/aromatic N) is 1. The van der Waals surface area contributed by atoms with Gasteiger partial charge in [-0.15, -0.1) is 11.6 Å². The van der Waals surface area contributed by atoms with Gasteiger partial charge in [-0.3, -0.25) is 4.79 Å². The minimum absolute atomic E-state index is 0.227. The molecule has 0 saturated heterocycles. The fraction of sp³-hybridized carbons (Fsp3) is 0.250. The van der Waals surface area contributed by atoms with Crippen molar-refractivity contribution in [2.75, 3.05) is 5.88 Å². The number of halogens is 2. The molecule has 2 nitrogen and oxygen atoms in total. The van der Waals surface area contributed by atoms with Crippen LogP contribution in [0.3, 0.4) is 0 Å². The summed E-state index contributed by atoms with van der Waals surface area (Å²) in [5.74, 6) is 0.282. The molecule has 0 aliphatic carbocycles. The van der Waals surface area contributed by atoms with Crippen LogP contribution >= 0.6 is 23.2 Å². The molecular weight excluding hydrogens is 197 g/mol. The second kappa shape index (κ2) is 7.07. The summed E-state index contributed by atoms with van der Waals surface area (Å²) in [4.78, 5) is 14.1. The van der Waals surface area contributed by atoms with Crippen LogP contribution in [0.25, 0.3) is 0 Å². The van der Waals surface area contributed by atoms with Gasteiger partial charge in [-0.2, -0.15) is 0 Å². The Kier molecular flexibility index (Phi) is 6.72. The fourth-order valence-corrected chi connectivity index (χ4v) is 0.906. The molecule has 0 heterocycles. The first-order chi connectivity index (χ1) is 5.74. The third-order valence-electron chi connectivity index (χ3n) is 0.940. The van der Waals surface area contributed by atoms with Crippen molar-refractivity contribution >= 4 is 35.2 Å². The van der Waals surface area contributed by atoms with Crippen molar-refractivity contribution in [3.05, 3.63) is 23.4 Å². The average Bonchev–Trinajstić information content (AvgIpc) is 2.04. The number of rotatable bonds is 4. The number of carbonyl (C=O) groups excluding carboxylic acids is 1. The van der Waals surface area contributed by atoms with E-state index in [0.29, 0.717) is 6.29 Å². The van der Waals surface area contributed by atoms with Crippen molar-refractivity contribution in [2.45, 2.75) is 6.92 Å². The van der Waals surface area contributed by atoms with Crippen molar-refractivity contribution in [1.82, 2.24) is 0 Å². The van der Waals surface area contributed by atoms with E-state index in [1.807, 2.05) is 0 Å². The number of aldehydes is 1. The largest absolute Gasteiger partial charge is 0.296 e. The molecule has 0 amide bonds. The van der Waals surface area contributed by atoms with Gasteiger partial charge in [0.05, 0.1) is 0 Å². The minimum atomic E-state index is 0.227. The SMILES string of the molecule is C/C=C/C(C=O)=N/C(Cl)=C\CCl. The Hall–Kier alpha value is -0.600. The lowest BCUT2D eigenvalue weighted by Crippen LogP contribution is -1.93. The van der Waals surface area contributed by atoms with Gasteiger partial charge >= 0.3 is 0 Å². The molecule has 4 heteroatoms. The fourth-order valence-electron chi connectivity index (χ4n) is 0.506. The van der Waals surface area contributed by atoms with Crippen molar-refractivity contribution in [2.24, 2.45) is 4.99 Å². The first-order valence-electron chi connectivity index (χ1n) is 3.32. The summed E-state index contributed by atoms with van der Waals surface area (Å²) in [5, 5.41) is 0.227. The van der Waals surface area contributed by atoms with Crippen LogP contribution in [0.1, 0.15) is 6.92 Å². The molecule has 0 fully saturated rings. The Morgan fingerprint density at radius 3 is 2.67 bits per heavy atom. The third kappa shape index (κ3) is 5.10. The van der Waals surface area contributed by atoms with E-state index in [-0.39, 0.29) is 16.7 Å². The highest BCUT2D eigenvalue weighted by Crippen LogP contribution is 2.03. The summed E-state index contributed by atoms with van der Waals surface area (Å²) in [6, 6.07) is 0. The van der Waals surface area contributed by atoms with Crippen molar-refractivity contribution in [3.63, 3.8) is 0 Å². The van der Waals surface area contributed by atoms with Crippen LogP contribution in [0.4, 0.5) is 0 Å². The van der Waals surface area contributed by atoms with Gasteiger partial charge in [-0.25, -0.2) is 4.99 Å². The van der Waals surface area contributed by atoms with Gasteiger partial charge in [-0.05, 0) is 19.1 Å². The van der Waals surface area contributed by atoms with E-state index < -0.39 is 0 Å². The van der Waals surface area contributed by atoms with E-state index in [1.54, 1.807) is 19.1 Å². The smallest absolute Gasteiger partial charge is 0.168 e. The Balaban J connectivity index is 4.47. The van der Waals surface area contributed by atoms with E-state index in [9.17, 15) is 4.79 Å². The predicted octanol–water partition coefficient (Wildman–Crippen LogP) is 2.52. The lowest BCUT2D eigenvalue weighted by atomic mass is 10.4. The number of allylic oxidation sites excluding steroid dienone is 3. The number of aliphatic imine (C=N–C) groups is 1. The van der Waals surface area contributed by atoms with Crippen molar-refractivity contribution in [1.29, 1.82) is 0 Å². The second-order valence-corrected chi connectivity index (χ2v) is 2.53. The molecule has 0 N–H and O–H groups in total. The zero-order valence-electron chi connectivity index (χ0n) is 6.63. The molecule has 12 heavy (non-hydrogen) atoms. The quantitative estimate of drug-likeness (QED) is 0.300. The van der Waals surface area contributed by atoms with Gasteiger partial charge in [0.15, 0.2) is 6.29 Å². The maximum atomic E-state index is 10.3. The summed E-state index contributed by atoms with van der Waals surface area (Å²) in [5.41, 5.74) is 0.281. The molecule has 0 unspecified atom stereocenters. The van der Waals surface area contributed by atoms with Gasteiger partial charge in [0.1, 0.15) is 10.9 Å². The predicted molar refractivity (Wildman–Crippen MR) is 53.0 cm³/mol. The Bertz CT molecular complexity index is 231. The van der Waals surface area contributed by atoms with E-state index in [2.05, 4.69) is 4.99 Å². The highest BCUT2D eigenvalue weighted by Gasteiger charge is 1.91. The maximum Gasteiger partial charge on any atom is 0.168 e. The Morgan fingerprint density at radius 2 is 2.25 bits per heavy atom. The van der Waals surface area contributed by atoms with E-state index in [1.165, 1.54) is 6.08 Å². The van der Waals surface area contributed by atoms with E-state index >= 15 is 0 Å². The topological polar surface area (TPSA) is 29.4 Å². The van der Waals surface area contributed by atoms with Gasteiger partial charge in [-0.1, -0.05) is 17.7 Å². The van der Waals surface area contributed by atoms with Crippen molar-refractivity contribution in [3.8, 4) is 0 Å². The standard InChI is InChI=1S/C8H9Cl2NO/c1-2-3-7(6-12)11-8(10)4-5-9/h2-4,6H,5H2,1H3/b3-2+,8-4-,11-7-. The molecule has 0 rings (SSSR count). The van der Waals surface area contributed by atoms with Crippen LogP contribution in [0, 0.1) is 0 Å². The molecule has 66 valence electrons. The van der Waals surface area contributed by atoms with Crippen LogP contribution in [-0.2, 0) is 4.79 Å². The zero-order chi connectivity index (χ0) is 9.40. The van der Waals surface area contributed by atoms with E-state index in [0.717, 1.165) is 0 Å². The molecule has 0 aliphatic heterocycles. The van der Waals surface area contributed by atoms with E-state index in [4.69, 9.17) is 23.2 Å². The summed E-state index contributed by atoms with van der Waals surface area (Å²) < 4.78 is 0. The number of hydrogen-bond acceptors (Lipinski definition) is 2. The minimum Gasteiger partial charge on any atom is -0.296 e. The lowest BCUT2D eigenvalue weighted by molar-refractivity contribution is -0.102. The van der Waals surface area contributed by atoms with Crippen LogP contribution in [0.5, 0.6) is 0 Å². The molecule has 0 aromatic carbocycles. The monoisotopic (exact) mass is 205 g/mol. The molecule has 0 radical (unpaired) electrons. The van der Waals surface area contributed by atoms with Gasteiger partial charge < -0.3 is 0 Å². The highest BCUT2D eigenvalue weighted by molar-refractivity contribution is 6.37. The molecule has 0 saturated carbocycles. The molecule has 0 atom stereocenters. The van der Waals surface area contributed by atoms with Crippen LogP contribution < -0.4 is 0 Å². The number of hydrogen-bond donors (Lipinski definition) is 0. The average molecular weight is 206 g/mol. The summed E-state index contributed by atoms with van der Waals surface area (Å²) >= 11 is 11.0. The molecule has 0 aromatic heterocycles. The lowest BCUT2D eigenvalue weighted by Gasteiger charge is -1.89. The molecule has 0 spiro atoms. The van der Waals surface area contributed by atoms with Gasteiger partial charge in [0.2, 0.25) is 0 Å². The summed E-state index contributed by atoms with van der Waals surface area (Å²) in [6.45, 7) is 1.79. The number of carbonyl (C=O) groups is 1. The summed E-state index contributed by atoms with van der Waals surface area (Å²) in [6.07, 6.45) is 5.41. The summed E-state index contributed by atoms with van der Waals surface area (Å²) in [7, 11) is 0. The van der Waals surface area contributed by atoms with Crippen LogP contribution in [0.2, 0.25) is 0 Å². The van der Waals surface area contributed by atoms with Crippen LogP contribution in [-0.4, -0.2) is 17.9 Å². The van der Waals surface area contributed by atoms with Gasteiger partial charge in [0.25, 0.3) is 0 Å². The highest BCUT2D eigenvalue weighted by atomic mass is 35.5. The molecule has 0 aromatic rings. The Labute approximate surface area is 81.6 Å². The second-order valence-electron chi connectivity index (χ2n) is 1.84. The first-order valence-corrected chi connectivity index (χ1v) is 4.24. The first kappa shape index (κ1) is 11.4. The molecule has 0 bridgehead atoms.